The van der Waals surface area contributed by atoms with Gasteiger partial charge in [0.05, 0.1) is 12.2 Å². The van der Waals surface area contributed by atoms with E-state index >= 15 is 0 Å². The first-order valence-electron chi connectivity index (χ1n) is 10.9. The van der Waals surface area contributed by atoms with E-state index in [-0.39, 0.29) is 23.8 Å². The number of nitrogens with zero attached hydrogens (tertiary/aromatic N) is 1. The standard InChI is InChI=1S/C24H28N2O7/c1-2-31-21-14-17(6-11-20(21)32-16-23(29)26-12-4-3-5-13-26)24(30)33-15-22(28)25-18-7-9-19(27)10-8-18/h6-11,14,27H,2-5,12-13,15-16H2,1H3,(H,25,28). The van der Waals surface area contributed by atoms with E-state index in [9.17, 15) is 19.5 Å². The molecule has 2 aromatic rings. The Balaban J connectivity index is 1.55. The lowest BCUT2D eigenvalue weighted by Gasteiger charge is -2.26. The number of nitrogens with one attached hydrogen (secondary N) is 1. The van der Waals surface area contributed by atoms with Gasteiger partial charge in [-0.15, -0.1) is 0 Å². The molecule has 0 radical (unpaired) electrons. The molecule has 3 rings (SSSR count). The topological polar surface area (TPSA) is 114 Å². The highest BCUT2D eigenvalue weighted by Gasteiger charge is 2.19. The summed E-state index contributed by atoms with van der Waals surface area (Å²) in [5.74, 6) is -0.563. The second kappa shape index (κ2) is 11.8. The van der Waals surface area contributed by atoms with Gasteiger partial charge in [-0.2, -0.15) is 0 Å². The number of carbonyl (C=O) groups is 3. The lowest BCUT2D eigenvalue weighted by Crippen LogP contribution is -2.38. The summed E-state index contributed by atoms with van der Waals surface area (Å²) >= 11 is 0. The van der Waals surface area contributed by atoms with Gasteiger partial charge in [-0.05, 0) is 68.7 Å². The van der Waals surface area contributed by atoms with Crippen LogP contribution in [0.4, 0.5) is 5.69 Å². The molecule has 0 bridgehead atoms. The fourth-order valence-corrected chi connectivity index (χ4v) is 3.35. The van der Waals surface area contributed by atoms with Crippen LogP contribution in [-0.2, 0) is 14.3 Å². The molecule has 1 heterocycles. The van der Waals surface area contributed by atoms with Crippen molar-refractivity contribution in [1.29, 1.82) is 0 Å². The Hall–Kier alpha value is -3.75. The van der Waals surface area contributed by atoms with Gasteiger partial charge in [0.25, 0.3) is 11.8 Å². The Morgan fingerprint density at radius 3 is 2.36 bits per heavy atom. The number of phenolic OH excluding ortho intramolecular Hbond substituents is 1. The van der Waals surface area contributed by atoms with Gasteiger partial charge < -0.3 is 29.5 Å². The van der Waals surface area contributed by atoms with Crippen molar-refractivity contribution in [2.45, 2.75) is 26.2 Å². The highest BCUT2D eigenvalue weighted by atomic mass is 16.5. The number of phenols is 1. The summed E-state index contributed by atoms with van der Waals surface area (Å²) in [5.41, 5.74) is 0.652. The quantitative estimate of drug-likeness (QED) is 0.440. The number of ether oxygens (including phenoxy) is 3. The van der Waals surface area contributed by atoms with Crippen LogP contribution in [0, 0.1) is 0 Å². The molecule has 0 atom stereocenters. The summed E-state index contributed by atoms with van der Waals surface area (Å²) in [5, 5.41) is 11.8. The zero-order valence-corrected chi connectivity index (χ0v) is 18.5. The maximum absolute atomic E-state index is 12.4. The van der Waals surface area contributed by atoms with E-state index in [2.05, 4.69) is 5.32 Å². The van der Waals surface area contributed by atoms with Crippen molar-refractivity contribution in [2.24, 2.45) is 0 Å². The van der Waals surface area contributed by atoms with Crippen molar-refractivity contribution in [2.75, 3.05) is 38.2 Å². The number of likely N-dealkylation sites (tertiary alicyclic amines) is 1. The van der Waals surface area contributed by atoms with E-state index in [4.69, 9.17) is 14.2 Å². The molecule has 1 aliphatic rings. The van der Waals surface area contributed by atoms with Crippen molar-refractivity contribution in [3.05, 3.63) is 48.0 Å². The Morgan fingerprint density at radius 1 is 0.939 bits per heavy atom. The molecule has 9 heteroatoms. The van der Waals surface area contributed by atoms with Crippen molar-refractivity contribution < 1.29 is 33.7 Å². The molecule has 33 heavy (non-hydrogen) atoms. The number of carbonyl (C=O) groups excluding carboxylic acids is 3. The van der Waals surface area contributed by atoms with Crippen LogP contribution in [0.5, 0.6) is 17.2 Å². The zero-order valence-electron chi connectivity index (χ0n) is 18.5. The summed E-state index contributed by atoms with van der Waals surface area (Å²) < 4.78 is 16.3. The molecule has 0 saturated carbocycles. The number of anilines is 1. The Kier molecular flexibility index (Phi) is 8.51. The summed E-state index contributed by atoms with van der Waals surface area (Å²) in [6, 6.07) is 10.4. The van der Waals surface area contributed by atoms with Gasteiger partial charge in [0.1, 0.15) is 5.75 Å². The lowest BCUT2D eigenvalue weighted by atomic mass is 10.1. The van der Waals surface area contributed by atoms with Gasteiger partial charge in [-0.1, -0.05) is 0 Å². The molecule has 2 amide bonds. The number of benzene rings is 2. The Labute approximate surface area is 192 Å². The second-order valence-electron chi connectivity index (χ2n) is 7.50. The van der Waals surface area contributed by atoms with Gasteiger partial charge in [-0.25, -0.2) is 4.79 Å². The minimum Gasteiger partial charge on any atom is -0.508 e. The molecule has 0 aromatic heterocycles. The van der Waals surface area contributed by atoms with E-state index in [1.165, 1.54) is 36.4 Å². The van der Waals surface area contributed by atoms with Crippen LogP contribution in [0.1, 0.15) is 36.5 Å². The van der Waals surface area contributed by atoms with Crippen LogP contribution >= 0.6 is 0 Å². The largest absolute Gasteiger partial charge is 0.508 e. The monoisotopic (exact) mass is 456 g/mol. The minimum absolute atomic E-state index is 0.0767. The summed E-state index contributed by atoms with van der Waals surface area (Å²) in [6.45, 7) is 3.02. The number of hydrogen-bond donors (Lipinski definition) is 2. The molecular formula is C24H28N2O7. The number of aromatic hydroxyl groups is 1. The van der Waals surface area contributed by atoms with Crippen LogP contribution < -0.4 is 14.8 Å². The summed E-state index contributed by atoms with van der Waals surface area (Å²) in [4.78, 5) is 38.5. The Morgan fingerprint density at radius 2 is 1.67 bits per heavy atom. The lowest BCUT2D eigenvalue weighted by molar-refractivity contribution is -0.134. The zero-order chi connectivity index (χ0) is 23.6. The molecule has 0 unspecified atom stereocenters. The van der Waals surface area contributed by atoms with Gasteiger partial charge >= 0.3 is 5.97 Å². The molecule has 0 spiro atoms. The second-order valence-corrected chi connectivity index (χ2v) is 7.50. The first-order chi connectivity index (χ1) is 16.0. The first-order valence-corrected chi connectivity index (χ1v) is 10.9. The maximum Gasteiger partial charge on any atom is 0.338 e. The average molecular weight is 456 g/mol. The van der Waals surface area contributed by atoms with Crippen LogP contribution in [0.15, 0.2) is 42.5 Å². The predicted octanol–water partition coefficient (Wildman–Crippen LogP) is 2.98. The van der Waals surface area contributed by atoms with E-state index < -0.39 is 18.5 Å². The van der Waals surface area contributed by atoms with Crippen molar-refractivity contribution in [3.63, 3.8) is 0 Å². The van der Waals surface area contributed by atoms with E-state index in [0.717, 1.165) is 32.4 Å². The predicted molar refractivity (Wildman–Crippen MR) is 121 cm³/mol. The molecular weight excluding hydrogens is 428 g/mol. The summed E-state index contributed by atoms with van der Waals surface area (Å²) in [7, 11) is 0. The third-order valence-electron chi connectivity index (χ3n) is 5.02. The number of amides is 2. The van der Waals surface area contributed by atoms with Crippen LogP contribution in [-0.4, -0.2) is 60.7 Å². The molecule has 1 aliphatic heterocycles. The third-order valence-corrected chi connectivity index (χ3v) is 5.02. The smallest absolute Gasteiger partial charge is 0.338 e. The molecule has 1 saturated heterocycles. The molecule has 9 nitrogen and oxygen atoms in total. The van der Waals surface area contributed by atoms with Gasteiger partial charge in [0.2, 0.25) is 0 Å². The van der Waals surface area contributed by atoms with E-state index in [1.54, 1.807) is 17.9 Å². The van der Waals surface area contributed by atoms with Crippen LogP contribution in [0.3, 0.4) is 0 Å². The highest BCUT2D eigenvalue weighted by molar-refractivity contribution is 5.95. The number of hydrogen-bond acceptors (Lipinski definition) is 7. The van der Waals surface area contributed by atoms with Crippen molar-refractivity contribution in [3.8, 4) is 17.2 Å². The number of esters is 1. The minimum atomic E-state index is -0.701. The third kappa shape index (κ3) is 7.13. The van der Waals surface area contributed by atoms with E-state index in [1.807, 2.05) is 0 Å². The van der Waals surface area contributed by atoms with Crippen molar-refractivity contribution >= 4 is 23.5 Å². The number of piperidine rings is 1. The van der Waals surface area contributed by atoms with Gasteiger partial charge in [0.15, 0.2) is 24.7 Å². The Bertz CT molecular complexity index is 969. The molecule has 176 valence electrons. The first kappa shape index (κ1) is 23.9. The molecule has 2 aromatic carbocycles. The summed E-state index contributed by atoms with van der Waals surface area (Å²) in [6.07, 6.45) is 3.13. The van der Waals surface area contributed by atoms with Gasteiger partial charge in [-0.3, -0.25) is 9.59 Å². The van der Waals surface area contributed by atoms with Crippen LogP contribution in [0.2, 0.25) is 0 Å². The fourth-order valence-electron chi connectivity index (χ4n) is 3.35. The van der Waals surface area contributed by atoms with E-state index in [0.29, 0.717) is 23.8 Å². The molecule has 2 N–H and O–H groups in total. The maximum atomic E-state index is 12.4. The van der Waals surface area contributed by atoms with Crippen LogP contribution in [0.25, 0.3) is 0 Å². The average Bonchev–Trinajstić information content (AvgIpc) is 2.83. The van der Waals surface area contributed by atoms with Gasteiger partial charge in [0, 0.05) is 18.8 Å². The SMILES string of the molecule is CCOc1cc(C(=O)OCC(=O)Nc2ccc(O)cc2)ccc1OCC(=O)N1CCCCC1. The normalized spacial score (nSPS) is 13.2. The number of rotatable bonds is 9. The molecule has 1 fully saturated rings. The molecule has 0 aliphatic carbocycles. The highest BCUT2D eigenvalue weighted by Crippen LogP contribution is 2.29. The fraction of sp³-hybridized carbons (Fsp3) is 0.375. The van der Waals surface area contributed by atoms with Crippen molar-refractivity contribution in [1.82, 2.24) is 4.90 Å².